The van der Waals surface area contributed by atoms with E-state index in [2.05, 4.69) is 15.0 Å². The van der Waals surface area contributed by atoms with Crippen LogP contribution in [0.4, 0.5) is 10.1 Å². The van der Waals surface area contributed by atoms with Gasteiger partial charge in [-0.15, -0.1) is 0 Å². The average molecular weight is 277 g/mol. The van der Waals surface area contributed by atoms with E-state index in [1.54, 1.807) is 6.20 Å². The maximum Gasteiger partial charge on any atom is 0.339 e. The minimum absolute atomic E-state index is 0.295. The number of nitrogens with one attached hydrogen (secondary N) is 1. The van der Waals surface area contributed by atoms with E-state index in [1.807, 2.05) is 17.7 Å². The second-order valence-corrected chi connectivity index (χ2v) is 4.16. The first-order valence-electron chi connectivity index (χ1n) is 6.27. The molecule has 0 saturated carbocycles. The molecule has 0 bridgehead atoms. The number of rotatable bonds is 5. The van der Waals surface area contributed by atoms with Crippen molar-refractivity contribution < 1.29 is 13.9 Å². The van der Waals surface area contributed by atoms with E-state index >= 15 is 0 Å². The van der Waals surface area contributed by atoms with Gasteiger partial charge in [0.2, 0.25) is 0 Å². The minimum atomic E-state index is -0.508. The summed E-state index contributed by atoms with van der Waals surface area (Å²) in [5.74, 6) is -0.113. The summed E-state index contributed by atoms with van der Waals surface area (Å²) in [5, 5.41) is 3.02. The third-order valence-electron chi connectivity index (χ3n) is 2.97. The zero-order chi connectivity index (χ0) is 14.5. The van der Waals surface area contributed by atoms with Crippen LogP contribution in [0.2, 0.25) is 0 Å². The number of carbonyl (C=O) groups excluding carboxylic acids is 1. The number of imidazole rings is 1. The predicted molar refractivity (Wildman–Crippen MR) is 73.0 cm³/mol. The van der Waals surface area contributed by atoms with E-state index in [-0.39, 0.29) is 0 Å². The van der Waals surface area contributed by atoms with Crippen LogP contribution in [0.25, 0.3) is 0 Å². The molecule has 5 nitrogen and oxygen atoms in total. The summed E-state index contributed by atoms with van der Waals surface area (Å²) in [6, 6.07) is 3.89. The largest absolute Gasteiger partial charge is 0.465 e. The van der Waals surface area contributed by atoms with Gasteiger partial charge in [0, 0.05) is 18.9 Å². The first kappa shape index (κ1) is 14.0. The number of aryl methyl sites for hydroxylation is 1. The highest BCUT2D eigenvalue weighted by atomic mass is 19.1. The molecule has 0 fully saturated rings. The van der Waals surface area contributed by atoms with Crippen LogP contribution >= 0.6 is 0 Å². The molecular formula is C14H16FN3O2. The van der Waals surface area contributed by atoms with E-state index in [1.165, 1.54) is 25.3 Å². The molecule has 0 amide bonds. The topological polar surface area (TPSA) is 56.2 Å². The highest BCUT2D eigenvalue weighted by Gasteiger charge is 2.13. The third kappa shape index (κ3) is 2.96. The standard InChI is InChI=1S/C14H16FN3O2/c1-3-18-7-6-16-13(18)9-17-12-8-10(15)4-5-11(12)14(19)20-2/h4-8,17H,3,9H2,1-2H3. The highest BCUT2D eigenvalue weighted by molar-refractivity contribution is 5.95. The number of nitrogens with zero attached hydrogens (tertiary/aromatic N) is 2. The number of ether oxygens (including phenoxy) is 1. The van der Waals surface area contributed by atoms with Gasteiger partial charge in [-0.25, -0.2) is 14.2 Å². The van der Waals surface area contributed by atoms with Crippen LogP contribution in [0.3, 0.4) is 0 Å². The Hall–Kier alpha value is -2.37. The van der Waals surface area contributed by atoms with Gasteiger partial charge in [-0.3, -0.25) is 0 Å². The summed E-state index contributed by atoms with van der Waals surface area (Å²) in [7, 11) is 1.29. The van der Waals surface area contributed by atoms with Crippen molar-refractivity contribution in [1.29, 1.82) is 0 Å². The lowest BCUT2D eigenvalue weighted by Gasteiger charge is -2.11. The smallest absolute Gasteiger partial charge is 0.339 e. The van der Waals surface area contributed by atoms with Gasteiger partial charge in [-0.1, -0.05) is 0 Å². The molecule has 0 saturated heterocycles. The van der Waals surface area contributed by atoms with Gasteiger partial charge < -0.3 is 14.6 Å². The summed E-state index contributed by atoms with van der Waals surface area (Å²) < 4.78 is 20.0. The lowest BCUT2D eigenvalue weighted by Crippen LogP contribution is -2.11. The monoisotopic (exact) mass is 277 g/mol. The molecule has 6 heteroatoms. The normalized spacial score (nSPS) is 10.3. The number of anilines is 1. The van der Waals surface area contributed by atoms with Crippen molar-refractivity contribution in [2.45, 2.75) is 20.0 Å². The van der Waals surface area contributed by atoms with Crippen LogP contribution in [0.15, 0.2) is 30.6 Å². The van der Waals surface area contributed by atoms with E-state index in [0.717, 1.165) is 12.4 Å². The van der Waals surface area contributed by atoms with Crippen LogP contribution in [0.1, 0.15) is 23.1 Å². The molecule has 1 N–H and O–H groups in total. The van der Waals surface area contributed by atoms with E-state index in [0.29, 0.717) is 17.8 Å². The first-order chi connectivity index (χ1) is 9.65. The Bertz CT molecular complexity index is 610. The first-order valence-corrected chi connectivity index (χ1v) is 6.27. The molecule has 0 aliphatic heterocycles. The lowest BCUT2D eigenvalue weighted by molar-refractivity contribution is 0.0601. The van der Waals surface area contributed by atoms with Crippen LogP contribution in [-0.2, 0) is 17.8 Å². The van der Waals surface area contributed by atoms with Crippen molar-refractivity contribution in [1.82, 2.24) is 9.55 Å². The van der Waals surface area contributed by atoms with Crippen molar-refractivity contribution >= 4 is 11.7 Å². The molecule has 0 spiro atoms. The Kier molecular flexibility index (Phi) is 4.34. The van der Waals surface area contributed by atoms with Crippen molar-refractivity contribution in [3.05, 3.63) is 47.8 Å². The highest BCUT2D eigenvalue weighted by Crippen LogP contribution is 2.19. The number of aromatic nitrogens is 2. The summed E-state index contributed by atoms with van der Waals surface area (Å²) in [6.07, 6.45) is 3.57. The van der Waals surface area contributed by atoms with Gasteiger partial charge >= 0.3 is 5.97 Å². The van der Waals surface area contributed by atoms with Gasteiger partial charge in [0.25, 0.3) is 0 Å². The summed E-state index contributed by atoms with van der Waals surface area (Å²) in [5.41, 5.74) is 0.686. The van der Waals surface area contributed by atoms with E-state index < -0.39 is 11.8 Å². The Morgan fingerprint density at radius 2 is 2.30 bits per heavy atom. The zero-order valence-corrected chi connectivity index (χ0v) is 11.4. The predicted octanol–water partition coefficient (Wildman–Crippen LogP) is 2.44. The van der Waals surface area contributed by atoms with E-state index in [4.69, 9.17) is 0 Å². The van der Waals surface area contributed by atoms with Crippen LogP contribution in [0.5, 0.6) is 0 Å². The number of hydrogen-bond acceptors (Lipinski definition) is 4. The Labute approximate surface area is 116 Å². The molecule has 2 aromatic rings. The van der Waals surface area contributed by atoms with Crippen molar-refractivity contribution in [2.24, 2.45) is 0 Å². The van der Waals surface area contributed by atoms with Gasteiger partial charge in [0.15, 0.2) is 0 Å². The summed E-state index contributed by atoms with van der Waals surface area (Å²) in [6.45, 7) is 3.20. The fourth-order valence-corrected chi connectivity index (χ4v) is 1.92. The maximum atomic E-state index is 13.3. The third-order valence-corrected chi connectivity index (χ3v) is 2.97. The summed E-state index contributed by atoms with van der Waals surface area (Å²) in [4.78, 5) is 15.8. The Morgan fingerprint density at radius 1 is 1.50 bits per heavy atom. The number of carbonyl (C=O) groups is 1. The van der Waals surface area contributed by atoms with E-state index in [9.17, 15) is 9.18 Å². The lowest BCUT2D eigenvalue weighted by atomic mass is 10.1. The molecule has 20 heavy (non-hydrogen) atoms. The van der Waals surface area contributed by atoms with Crippen LogP contribution < -0.4 is 5.32 Å². The van der Waals surface area contributed by atoms with Crippen molar-refractivity contribution in [2.75, 3.05) is 12.4 Å². The molecular weight excluding hydrogens is 261 g/mol. The number of benzene rings is 1. The second-order valence-electron chi connectivity index (χ2n) is 4.16. The number of esters is 1. The molecule has 1 aromatic heterocycles. The average Bonchev–Trinajstić information content (AvgIpc) is 2.91. The molecule has 106 valence electrons. The molecule has 0 aliphatic rings. The summed E-state index contributed by atoms with van der Waals surface area (Å²) >= 11 is 0. The van der Waals surface area contributed by atoms with Gasteiger partial charge in [-0.05, 0) is 25.1 Å². The zero-order valence-electron chi connectivity index (χ0n) is 11.4. The fourth-order valence-electron chi connectivity index (χ4n) is 1.92. The Balaban J connectivity index is 2.20. The molecule has 0 aliphatic carbocycles. The van der Waals surface area contributed by atoms with Crippen LogP contribution in [-0.4, -0.2) is 22.6 Å². The number of hydrogen-bond donors (Lipinski definition) is 1. The molecule has 0 radical (unpaired) electrons. The van der Waals surface area contributed by atoms with Gasteiger partial charge in [-0.2, -0.15) is 0 Å². The minimum Gasteiger partial charge on any atom is -0.465 e. The maximum absolute atomic E-state index is 13.3. The van der Waals surface area contributed by atoms with Gasteiger partial charge in [0.1, 0.15) is 11.6 Å². The van der Waals surface area contributed by atoms with Crippen molar-refractivity contribution in [3.63, 3.8) is 0 Å². The second kappa shape index (κ2) is 6.18. The SMILES string of the molecule is CCn1ccnc1CNc1cc(F)ccc1C(=O)OC. The molecule has 1 heterocycles. The van der Waals surface area contributed by atoms with Crippen LogP contribution in [0, 0.1) is 5.82 Å². The molecule has 0 unspecified atom stereocenters. The number of halogens is 1. The fraction of sp³-hybridized carbons (Fsp3) is 0.286. The van der Waals surface area contributed by atoms with Crippen molar-refractivity contribution in [3.8, 4) is 0 Å². The number of methoxy groups -OCH3 is 1. The quantitative estimate of drug-likeness (QED) is 0.853. The molecule has 2 rings (SSSR count). The molecule has 0 atom stereocenters. The Morgan fingerprint density at radius 3 is 3.00 bits per heavy atom. The molecule has 1 aromatic carbocycles. The van der Waals surface area contributed by atoms with Gasteiger partial charge in [0.05, 0.1) is 24.9 Å².